The number of carbonyl (C=O) groups is 1. The third-order valence-electron chi connectivity index (χ3n) is 3.18. The van der Waals surface area contributed by atoms with E-state index in [1.807, 2.05) is 13.8 Å². The van der Waals surface area contributed by atoms with Gasteiger partial charge in [0, 0.05) is 5.56 Å². The molecular weight excluding hydrogens is 326 g/mol. The van der Waals surface area contributed by atoms with Gasteiger partial charge < -0.3 is 18.3 Å². The molecule has 8 heteroatoms. The van der Waals surface area contributed by atoms with Crippen molar-refractivity contribution < 1.29 is 23.1 Å². The summed E-state index contributed by atoms with van der Waals surface area (Å²) in [5, 5.41) is 10.1. The Morgan fingerprint density at radius 3 is 2.64 bits per heavy atom. The first-order valence-electron chi connectivity index (χ1n) is 7.79. The zero-order chi connectivity index (χ0) is 17.6. The lowest BCUT2D eigenvalue weighted by molar-refractivity contribution is 0.102. The van der Waals surface area contributed by atoms with Gasteiger partial charge in [-0.15, -0.1) is 5.10 Å². The summed E-state index contributed by atoms with van der Waals surface area (Å²) in [5.74, 6) is 1.28. The Morgan fingerprint density at radius 1 is 1.12 bits per heavy atom. The summed E-state index contributed by atoms with van der Waals surface area (Å²) in [6.07, 6.45) is 1.49. The Kier molecular flexibility index (Phi) is 4.98. The molecule has 0 spiro atoms. The first-order valence-corrected chi connectivity index (χ1v) is 7.79. The monoisotopic (exact) mass is 343 g/mol. The zero-order valence-corrected chi connectivity index (χ0v) is 13.8. The van der Waals surface area contributed by atoms with Gasteiger partial charge in [-0.25, -0.2) is 0 Å². The third kappa shape index (κ3) is 3.79. The summed E-state index contributed by atoms with van der Waals surface area (Å²) < 4.78 is 21.5. The van der Waals surface area contributed by atoms with E-state index in [4.69, 9.17) is 18.3 Å². The van der Waals surface area contributed by atoms with Gasteiger partial charge in [-0.2, -0.15) is 0 Å². The molecule has 1 aromatic carbocycles. The van der Waals surface area contributed by atoms with Crippen LogP contribution >= 0.6 is 0 Å². The van der Waals surface area contributed by atoms with E-state index in [1.54, 1.807) is 30.3 Å². The van der Waals surface area contributed by atoms with E-state index in [0.29, 0.717) is 36.0 Å². The quantitative estimate of drug-likeness (QED) is 0.702. The number of amides is 1. The highest BCUT2D eigenvalue weighted by atomic mass is 16.5. The molecule has 1 N–H and O–H groups in total. The lowest BCUT2D eigenvalue weighted by Crippen LogP contribution is -2.12. The van der Waals surface area contributed by atoms with Gasteiger partial charge in [0.1, 0.15) is 0 Å². The maximum absolute atomic E-state index is 12.4. The molecule has 130 valence electrons. The molecule has 0 saturated heterocycles. The molecule has 2 heterocycles. The molecule has 0 aliphatic carbocycles. The van der Waals surface area contributed by atoms with Crippen molar-refractivity contribution in [1.82, 2.24) is 10.2 Å². The van der Waals surface area contributed by atoms with Gasteiger partial charge in [0.2, 0.25) is 0 Å². The zero-order valence-electron chi connectivity index (χ0n) is 13.8. The van der Waals surface area contributed by atoms with Gasteiger partial charge in [-0.3, -0.25) is 10.1 Å². The summed E-state index contributed by atoms with van der Waals surface area (Å²) in [6.45, 7) is 4.70. The van der Waals surface area contributed by atoms with Crippen LogP contribution in [0.15, 0.2) is 45.4 Å². The van der Waals surface area contributed by atoms with Crippen molar-refractivity contribution in [3.8, 4) is 23.1 Å². The number of hydrogen-bond acceptors (Lipinski definition) is 7. The highest BCUT2D eigenvalue weighted by Crippen LogP contribution is 2.29. The van der Waals surface area contributed by atoms with E-state index < -0.39 is 5.91 Å². The average molecular weight is 343 g/mol. The number of nitrogens with zero attached hydrogens (tertiary/aromatic N) is 2. The highest BCUT2D eigenvalue weighted by molar-refractivity contribution is 6.03. The number of ether oxygens (including phenoxy) is 2. The number of hydrogen-bond donors (Lipinski definition) is 1. The van der Waals surface area contributed by atoms with Crippen LogP contribution in [0.4, 0.5) is 6.01 Å². The molecule has 25 heavy (non-hydrogen) atoms. The van der Waals surface area contributed by atoms with Gasteiger partial charge >= 0.3 is 6.01 Å². The molecule has 0 saturated carbocycles. The normalized spacial score (nSPS) is 10.5. The van der Waals surface area contributed by atoms with E-state index in [-0.39, 0.29) is 11.9 Å². The Bertz CT molecular complexity index is 842. The van der Waals surface area contributed by atoms with Crippen molar-refractivity contribution in [3.63, 3.8) is 0 Å². The molecule has 3 rings (SSSR count). The minimum atomic E-state index is -0.404. The fraction of sp³-hybridized carbons (Fsp3) is 0.235. The molecule has 3 aromatic rings. The second kappa shape index (κ2) is 7.52. The Morgan fingerprint density at radius 2 is 1.92 bits per heavy atom. The number of anilines is 1. The summed E-state index contributed by atoms with van der Waals surface area (Å²) in [6, 6.07) is 8.28. The van der Waals surface area contributed by atoms with Gasteiger partial charge in [0.25, 0.3) is 11.8 Å². The number of benzene rings is 1. The fourth-order valence-corrected chi connectivity index (χ4v) is 2.14. The van der Waals surface area contributed by atoms with Crippen LogP contribution in [0.5, 0.6) is 11.5 Å². The first-order chi connectivity index (χ1) is 12.2. The van der Waals surface area contributed by atoms with Crippen LogP contribution in [0.3, 0.4) is 0 Å². The van der Waals surface area contributed by atoms with Crippen molar-refractivity contribution in [1.29, 1.82) is 0 Å². The molecule has 1 amide bonds. The molecular formula is C17H17N3O5. The van der Waals surface area contributed by atoms with Crippen LogP contribution < -0.4 is 14.8 Å². The van der Waals surface area contributed by atoms with Crippen molar-refractivity contribution in [2.24, 2.45) is 0 Å². The first kappa shape index (κ1) is 16.6. The number of rotatable bonds is 7. The smallest absolute Gasteiger partial charge is 0.322 e. The lowest BCUT2D eigenvalue weighted by atomic mass is 10.2. The van der Waals surface area contributed by atoms with Gasteiger partial charge in [-0.05, 0) is 44.2 Å². The van der Waals surface area contributed by atoms with E-state index >= 15 is 0 Å². The highest BCUT2D eigenvalue weighted by Gasteiger charge is 2.16. The number of nitrogens with one attached hydrogen (secondary N) is 1. The van der Waals surface area contributed by atoms with Gasteiger partial charge in [-0.1, -0.05) is 5.10 Å². The SMILES string of the molecule is CCOc1ccc(C(=O)Nc2nnc(-c3ccco3)o2)cc1OCC. The van der Waals surface area contributed by atoms with Crippen LogP contribution in [-0.4, -0.2) is 29.3 Å². The van der Waals surface area contributed by atoms with Crippen molar-refractivity contribution in [3.05, 3.63) is 42.2 Å². The topological polar surface area (TPSA) is 99.6 Å². The molecule has 0 unspecified atom stereocenters. The van der Waals surface area contributed by atoms with E-state index in [0.717, 1.165) is 0 Å². The fourth-order valence-electron chi connectivity index (χ4n) is 2.14. The van der Waals surface area contributed by atoms with E-state index in [1.165, 1.54) is 6.26 Å². The minimum Gasteiger partial charge on any atom is -0.490 e. The van der Waals surface area contributed by atoms with Crippen molar-refractivity contribution in [2.45, 2.75) is 13.8 Å². The van der Waals surface area contributed by atoms with Crippen LogP contribution in [0.25, 0.3) is 11.7 Å². The molecule has 0 fully saturated rings. The number of carbonyl (C=O) groups excluding carboxylic acids is 1. The molecule has 8 nitrogen and oxygen atoms in total. The maximum Gasteiger partial charge on any atom is 0.322 e. The lowest BCUT2D eigenvalue weighted by Gasteiger charge is -2.11. The summed E-state index contributed by atoms with van der Waals surface area (Å²) >= 11 is 0. The molecule has 0 bridgehead atoms. The largest absolute Gasteiger partial charge is 0.490 e. The summed E-state index contributed by atoms with van der Waals surface area (Å²) in [4.78, 5) is 12.4. The van der Waals surface area contributed by atoms with Gasteiger partial charge in [0.15, 0.2) is 17.3 Å². The second-order valence-electron chi connectivity index (χ2n) is 4.87. The number of aromatic nitrogens is 2. The van der Waals surface area contributed by atoms with E-state index in [2.05, 4.69) is 15.5 Å². The number of furan rings is 1. The van der Waals surface area contributed by atoms with Crippen molar-refractivity contribution >= 4 is 11.9 Å². The van der Waals surface area contributed by atoms with Crippen LogP contribution in [0, 0.1) is 0 Å². The average Bonchev–Trinajstić information content (AvgIpc) is 3.28. The predicted octanol–water partition coefficient (Wildman–Crippen LogP) is 3.38. The minimum absolute atomic E-state index is 0.0248. The Labute approximate surface area is 143 Å². The maximum atomic E-state index is 12.4. The Balaban J connectivity index is 1.75. The molecule has 2 aromatic heterocycles. The molecule has 0 radical (unpaired) electrons. The standard InChI is InChI=1S/C17H17N3O5/c1-3-22-12-8-7-11(10-14(12)23-4-2)15(21)18-17-20-19-16(25-17)13-6-5-9-24-13/h5-10H,3-4H2,1-2H3,(H,18,20,21). The van der Waals surface area contributed by atoms with Crippen molar-refractivity contribution in [2.75, 3.05) is 18.5 Å². The van der Waals surface area contributed by atoms with Crippen LogP contribution in [0.2, 0.25) is 0 Å². The second-order valence-corrected chi connectivity index (χ2v) is 4.87. The third-order valence-corrected chi connectivity index (χ3v) is 3.18. The van der Waals surface area contributed by atoms with Crippen LogP contribution in [0.1, 0.15) is 24.2 Å². The molecule has 0 aliphatic heterocycles. The molecule has 0 aliphatic rings. The summed E-state index contributed by atoms with van der Waals surface area (Å²) in [5.41, 5.74) is 0.379. The van der Waals surface area contributed by atoms with Gasteiger partial charge in [0.05, 0.1) is 19.5 Å². The predicted molar refractivity (Wildman–Crippen MR) is 88.7 cm³/mol. The summed E-state index contributed by atoms with van der Waals surface area (Å²) in [7, 11) is 0. The Hall–Kier alpha value is -3.29. The van der Waals surface area contributed by atoms with E-state index in [9.17, 15) is 4.79 Å². The van der Waals surface area contributed by atoms with Crippen LogP contribution in [-0.2, 0) is 0 Å². The molecule has 0 atom stereocenters.